The van der Waals surface area contributed by atoms with E-state index in [1.54, 1.807) is 0 Å². The molecule has 2 fully saturated rings. The average Bonchev–Trinajstić information content (AvgIpc) is 3.38. The Hall–Kier alpha value is -2.29. The van der Waals surface area contributed by atoms with Crippen LogP contribution in [0.3, 0.4) is 0 Å². The van der Waals surface area contributed by atoms with E-state index in [9.17, 15) is 33.0 Å². The Balaban J connectivity index is 1.80. The lowest BCUT2D eigenvalue weighted by Crippen LogP contribution is -2.57. The molecule has 2 atom stereocenters. The van der Waals surface area contributed by atoms with Gasteiger partial charge in [0.1, 0.15) is 11.2 Å². The first-order chi connectivity index (χ1) is 12.6. The van der Waals surface area contributed by atoms with Crippen LogP contribution in [0, 0.1) is 11.3 Å². The summed E-state index contributed by atoms with van der Waals surface area (Å²) in [4.78, 5) is 26.0. The minimum absolute atomic E-state index is 0.0288. The molecule has 9 heteroatoms. The molecule has 2 N–H and O–H groups in total. The summed E-state index contributed by atoms with van der Waals surface area (Å²) in [5, 5.41) is 20.1. The fraction of sp³-hybridized carbons (Fsp3) is 0.556. The lowest BCUT2D eigenvalue weighted by molar-refractivity contribution is -0.274. The molecule has 1 saturated heterocycles. The van der Waals surface area contributed by atoms with Gasteiger partial charge in [0, 0.05) is 18.7 Å². The molecular weight excluding hydrogens is 367 g/mol. The quantitative estimate of drug-likeness (QED) is 0.811. The predicted molar refractivity (Wildman–Crippen MR) is 87.1 cm³/mol. The Bertz CT molecular complexity index is 734. The number of aliphatic hydroxyl groups is 1. The number of alkyl halides is 3. The summed E-state index contributed by atoms with van der Waals surface area (Å²) < 4.78 is 41.0. The number of hydrogen-bond donors (Lipinski definition) is 2. The second kappa shape index (κ2) is 7.03. The standard InChI is InChI=1S/C18H20F3NO5/c19-18(20,21)27-13-3-1-2-12(8-13)15(24)22-7-6-14(23)17(10-22,16(25)26)9-11-4-5-11/h1-3,8,11,14,23H,4-7,9-10H2,(H,25,26)/t14-,17-/m1/s1. The fourth-order valence-corrected chi connectivity index (χ4v) is 3.60. The van der Waals surface area contributed by atoms with Crippen LogP contribution in [0.2, 0.25) is 0 Å². The molecule has 6 nitrogen and oxygen atoms in total. The SMILES string of the molecule is O=C(c1cccc(OC(F)(F)F)c1)N1CC[C@@H](O)[C@](CC2CC2)(C(=O)O)C1. The third-order valence-electron chi connectivity index (χ3n) is 5.16. The zero-order valence-electron chi connectivity index (χ0n) is 14.4. The lowest BCUT2D eigenvalue weighted by atomic mass is 9.73. The van der Waals surface area contributed by atoms with Crippen molar-refractivity contribution in [3.05, 3.63) is 29.8 Å². The molecule has 148 valence electrons. The summed E-state index contributed by atoms with van der Waals surface area (Å²) in [6, 6.07) is 4.67. The van der Waals surface area contributed by atoms with Crippen molar-refractivity contribution in [1.82, 2.24) is 4.90 Å². The largest absolute Gasteiger partial charge is 0.573 e. The van der Waals surface area contributed by atoms with Crippen molar-refractivity contribution in [1.29, 1.82) is 0 Å². The molecule has 1 aliphatic carbocycles. The third kappa shape index (κ3) is 4.35. The van der Waals surface area contributed by atoms with Crippen molar-refractivity contribution in [3.8, 4) is 5.75 Å². The van der Waals surface area contributed by atoms with Gasteiger partial charge in [-0.05, 0) is 37.0 Å². The molecule has 0 radical (unpaired) electrons. The second-order valence-corrected chi connectivity index (χ2v) is 7.22. The zero-order valence-corrected chi connectivity index (χ0v) is 14.4. The minimum atomic E-state index is -4.88. The number of aliphatic hydroxyl groups excluding tert-OH is 1. The zero-order chi connectivity index (χ0) is 19.8. The number of amides is 1. The maximum Gasteiger partial charge on any atom is 0.573 e. The van der Waals surface area contributed by atoms with Crippen molar-refractivity contribution in [2.24, 2.45) is 11.3 Å². The number of nitrogens with zero attached hydrogens (tertiary/aromatic N) is 1. The molecular formula is C18H20F3NO5. The number of carboxylic acids is 1. The van der Waals surface area contributed by atoms with Crippen LogP contribution < -0.4 is 4.74 Å². The molecule has 1 aromatic rings. The summed E-state index contributed by atoms with van der Waals surface area (Å²) >= 11 is 0. The summed E-state index contributed by atoms with van der Waals surface area (Å²) in [5.41, 5.74) is -1.48. The van der Waals surface area contributed by atoms with Crippen LogP contribution in [-0.4, -0.2) is 52.5 Å². The first-order valence-electron chi connectivity index (χ1n) is 8.67. The van der Waals surface area contributed by atoms with Crippen LogP contribution in [0.15, 0.2) is 24.3 Å². The number of rotatable bonds is 5. The molecule has 1 heterocycles. The van der Waals surface area contributed by atoms with Crippen molar-refractivity contribution < 1.29 is 37.7 Å². The topological polar surface area (TPSA) is 87.1 Å². The Morgan fingerprint density at radius 1 is 1.26 bits per heavy atom. The molecule has 1 aliphatic heterocycles. The van der Waals surface area contributed by atoms with Crippen molar-refractivity contribution >= 4 is 11.9 Å². The van der Waals surface area contributed by atoms with E-state index in [0.717, 1.165) is 25.0 Å². The van der Waals surface area contributed by atoms with Gasteiger partial charge in [0.15, 0.2) is 0 Å². The van der Waals surface area contributed by atoms with Gasteiger partial charge in [-0.25, -0.2) is 0 Å². The summed E-state index contributed by atoms with van der Waals surface area (Å²) in [6.07, 6.45) is -3.77. The van der Waals surface area contributed by atoms with Gasteiger partial charge in [-0.2, -0.15) is 0 Å². The van der Waals surface area contributed by atoms with Crippen molar-refractivity contribution in [2.75, 3.05) is 13.1 Å². The first-order valence-corrected chi connectivity index (χ1v) is 8.67. The highest BCUT2D eigenvalue weighted by atomic mass is 19.4. The van der Waals surface area contributed by atoms with Gasteiger partial charge in [-0.15, -0.1) is 13.2 Å². The van der Waals surface area contributed by atoms with E-state index < -0.39 is 35.5 Å². The molecule has 27 heavy (non-hydrogen) atoms. The smallest absolute Gasteiger partial charge is 0.481 e. The number of ether oxygens (including phenoxy) is 1. The number of hydrogen-bond acceptors (Lipinski definition) is 4. The number of likely N-dealkylation sites (tertiary alicyclic amines) is 1. The van der Waals surface area contributed by atoms with Gasteiger partial charge in [0.2, 0.25) is 0 Å². The van der Waals surface area contributed by atoms with E-state index in [2.05, 4.69) is 4.74 Å². The van der Waals surface area contributed by atoms with Gasteiger partial charge >= 0.3 is 12.3 Å². The van der Waals surface area contributed by atoms with Crippen LogP contribution in [0.25, 0.3) is 0 Å². The maximum atomic E-state index is 12.8. The minimum Gasteiger partial charge on any atom is -0.481 e. The van der Waals surface area contributed by atoms with Gasteiger partial charge in [0.05, 0.1) is 6.10 Å². The van der Waals surface area contributed by atoms with E-state index in [1.807, 2.05) is 0 Å². The van der Waals surface area contributed by atoms with Gasteiger partial charge in [-0.1, -0.05) is 18.9 Å². The number of carbonyl (C=O) groups is 2. The molecule has 0 unspecified atom stereocenters. The number of aliphatic carboxylic acids is 1. The van der Waals surface area contributed by atoms with Gasteiger partial charge in [-0.3, -0.25) is 9.59 Å². The Morgan fingerprint density at radius 2 is 1.96 bits per heavy atom. The number of piperidine rings is 1. The number of carbonyl (C=O) groups excluding carboxylic acids is 1. The molecule has 3 rings (SSSR count). The monoisotopic (exact) mass is 387 g/mol. The van der Waals surface area contributed by atoms with Crippen LogP contribution in [-0.2, 0) is 4.79 Å². The van der Waals surface area contributed by atoms with E-state index >= 15 is 0 Å². The highest BCUT2D eigenvalue weighted by Gasteiger charge is 2.52. The second-order valence-electron chi connectivity index (χ2n) is 7.22. The normalized spacial score (nSPS) is 25.9. The van der Waals surface area contributed by atoms with Crippen LogP contribution >= 0.6 is 0 Å². The molecule has 0 bridgehead atoms. The summed E-state index contributed by atoms with van der Waals surface area (Å²) in [7, 11) is 0. The van der Waals surface area contributed by atoms with Gasteiger partial charge in [0.25, 0.3) is 5.91 Å². The lowest BCUT2D eigenvalue weighted by Gasteiger charge is -2.43. The van der Waals surface area contributed by atoms with Crippen molar-refractivity contribution in [2.45, 2.75) is 38.1 Å². The molecule has 0 spiro atoms. The fourth-order valence-electron chi connectivity index (χ4n) is 3.60. The summed E-state index contributed by atoms with van der Waals surface area (Å²) in [6.45, 7) is -0.0484. The highest BCUT2D eigenvalue weighted by molar-refractivity contribution is 5.95. The first kappa shape index (κ1) is 19.5. The van der Waals surface area contributed by atoms with Crippen LogP contribution in [0.4, 0.5) is 13.2 Å². The van der Waals surface area contributed by atoms with E-state index in [0.29, 0.717) is 0 Å². The number of carboxylic acid groups (broad SMARTS) is 1. The Labute approximate surface area is 153 Å². The number of benzene rings is 1. The molecule has 1 amide bonds. The molecule has 1 aromatic carbocycles. The van der Waals surface area contributed by atoms with E-state index in [-0.39, 0.29) is 37.4 Å². The van der Waals surface area contributed by atoms with Gasteiger partial charge < -0.3 is 19.8 Å². The van der Waals surface area contributed by atoms with Crippen molar-refractivity contribution in [3.63, 3.8) is 0 Å². The molecule has 2 aliphatic rings. The Morgan fingerprint density at radius 3 is 2.56 bits per heavy atom. The Kier molecular flexibility index (Phi) is 5.07. The number of halogens is 3. The average molecular weight is 387 g/mol. The molecule has 0 aromatic heterocycles. The van der Waals surface area contributed by atoms with E-state index in [4.69, 9.17) is 0 Å². The third-order valence-corrected chi connectivity index (χ3v) is 5.16. The molecule has 1 saturated carbocycles. The summed E-state index contributed by atoms with van der Waals surface area (Å²) in [5.74, 6) is -2.05. The van der Waals surface area contributed by atoms with Crippen LogP contribution in [0.1, 0.15) is 36.0 Å². The highest BCUT2D eigenvalue weighted by Crippen LogP contribution is 2.45. The maximum absolute atomic E-state index is 12.8. The van der Waals surface area contributed by atoms with E-state index in [1.165, 1.54) is 17.0 Å². The van der Waals surface area contributed by atoms with Crippen LogP contribution in [0.5, 0.6) is 5.75 Å². The predicted octanol–water partition coefficient (Wildman–Crippen LogP) is 2.66.